The summed E-state index contributed by atoms with van der Waals surface area (Å²) >= 11 is 3.67. The first-order valence-electron chi connectivity index (χ1n) is 6.16. The first kappa shape index (κ1) is 12.6. The van der Waals surface area contributed by atoms with Gasteiger partial charge < -0.3 is 5.32 Å². The number of aryl methyl sites for hydroxylation is 1. The zero-order valence-electron chi connectivity index (χ0n) is 10.1. The van der Waals surface area contributed by atoms with E-state index < -0.39 is 0 Å². The van der Waals surface area contributed by atoms with Crippen molar-refractivity contribution in [1.82, 2.24) is 5.32 Å². The Morgan fingerprint density at radius 3 is 2.82 bits per heavy atom. The van der Waals surface area contributed by atoms with Crippen LogP contribution in [0.5, 0.6) is 0 Å². The molecule has 0 heterocycles. The summed E-state index contributed by atoms with van der Waals surface area (Å²) in [6.45, 7) is 2.75. The third-order valence-electron chi connectivity index (χ3n) is 3.48. The molecule has 2 nitrogen and oxygen atoms in total. The molecule has 17 heavy (non-hydrogen) atoms. The molecule has 2 unspecified atom stereocenters. The third-order valence-corrected chi connectivity index (χ3v) is 4.69. The van der Waals surface area contributed by atoms with Crippen molar-refractivity contribution in [3.05, 3.63) is 35.4 Å². The van der Waals surface area contributed by atoms with E-state index in [4.69, 9.17) is 0 Å². The highest BCUT2D eigenvalue weighted by Gasteiger charge is 2.25. The fourth-order valence-electron chi connectivity index (χ4n) is 2.37. The van der Waals surface area contributed by atoms with Crippen LogP contribution >= 0.6 is 15.9 Å². The summed E-state index contributed by atoms with van der Waals surface area (Å²) in [6.07, 6.45) is 3.70. The zero-order valence-corrected chi connectivity index (χ0v) is 11.7. The number of amides is 1. The number of benzene rings is 1. The van der Waals surface area contributed by atoms with Crippen LogP contribution in [0.1, 0.15) is 35.2 Å². The number of alkyl halides is 1. The van der Waals surface area contributed by atoms with Gasteiger partial charge in [0.1, 0.15) is 0 Å². The van der Waals surface area contributed by atoms with E-state index >= 15 is 0 Å². The van der Waals surface area contributed by atoms with Crippen molar-refractivity contribution < 1.29 is 4.79 Å². The summed E-state index contributed by atoms with van der Waals surface area (Å²) in [5.74, 6) is 0.637. The molecule has 0 spiro atoms. The second-order valence-electron chi connectivity index (χ2n) is 4.73. The Labute approximate surface area is 111 Å². The highest BCUT2D eigenvalue weighted by atomic mass is 79.9. The summed E-state index contributed by atoms with van der Waals surface area (Å²) in [7, 11) is 0. The largest absolute Gasteiger partial charge is 0.352 e. The van der Waals surface area contributed by atoms with Crippen LogP contribution in [0, 0.1) is 12.8 Å². The molecule has 1 aromatic rings. The van der Waals surface area contributed by atoms with Crippen molar-refractivity contribution in [2.24, 2.45) is 5.92 Å². The summed E-state index contributed by atoms with van der Waals surface area (Å²) < 4.78 is 0. The molecule has 1 aliphatic rings. The van der Waals surface area contributed by atoms with E-state index in [1.54, 1.807) is 0 Å². The molecule has 1 aliphatic carbocycles. The van der Waals surface area contributed by atoms with Crippen molar-refractivity contribution in [1.29, 1.82) is 0 Å². The molecule has 0 aromatic heterocycles. The molecular weight excluding hydrogens is 278 g/mol. The van der Waals surface area contributed by atoms with Gasteiger partial charge >= 0.3 is 0 Å². The van der Waals surface area contributed by atoms with Crippen LogP contribution in [0.4, 0.5) is 0 Å². The minimum Gasteiger partial charge on any atom is -0.352 e. The molecule has 0 saturated heterocycles. The summed E-state index contributed by atoms with van der Waals surface area (Å²) in [5, 5.41) is 3.04. The van der Waals surface area contributed by atoms with Crippen LogP contribution in [0.3, 0.4) is 0 Å². The Hall–Kier alpha value is -0.830. The van der Waals surface area contributed by atoms with Crippen molar-refractivity contribution in [2.45, 2.75) is 31.0 Å². The Bertz CT molecular complexity index is 405. The lowest BCUT2D eigenvalue weighted by Gasteiger charge is -2.15. The molecule has 2 rings (SSSR count). The predicted molar refractivity (Wildman–Crippen MR) is 73.6 cm³/mol. The van der Waals surface area contributed by atoms with Crippen LogP contribution in [-0.2, 0) is 0 Å². The molecule has 3 heteroatoms. The maximum atomic E-state index is 12.0. The Morgan fingerprint density at radius 1 is 1.41 bits per heavy atom. The summed E-state index contributed by atoms with van der Waals surface area (Å²) in [5.41, 5.74) is 1.82. The number of halogens is 1. The molecule has 0 radical (unpaired) electrons. The van der Waals surface area contributed by atoms with Gasteiger partial charge in [0.2, 0.25) is 0 Å². The second kappa shape index (κ2) is 5.67. The van der Waals surface area contributed by atoms with Crippen LogP contribution in [0.15, 0.2) is 24.3 Å². The predicted octanol–water partition coefficient (Wildman–Crippen LogP) is 3.29. The Morgan fingerprint density at radius 2 is 2.18 bits per heavy atom. The van der Waals surface area contributed by atoms with Gasteiger partial charge in [0.25, 0.3) is 5.91 Å². The van der Waals surface area contributed by atoms with Crippen LogP contribution in [0.2, 0.25) is 0 Å². The molecule has 1 aromatic carbocycles. The van der Waals surface area contributed by atoms with E-state index in [2.05, 4.69) is 21.2 Å². The normalized spacial score (nSPS) is 23.6. The smallest absolute Gasteiger partial charge is 0.251 e. The minimum atomic E-state index is 0.0506. The van der Waals surface area contributed by atoms with Crippen molar-refractivity contribution in [3.8, 4) is 0 Å². The SMILES string of the molecule is Cc1ccccc1C(=O)NCC1CCCC1Br. The number of hydrogen-bond acceptors (Lipinski definition) is 1. The van der Waals surface area contributed by atoms with Crippen molar-refractivity contribution in [2.75, 3.05) is 6.54 Å². The number of rotatable bonds is 3. The quantitative estimate of drug-likeness (QED) is 0.852. The maximum Gasteiger partial charge on any atom is 0.251 e. The van der Waals surface area contributed by atoms with Gasteiger partial charge in [-0.1, -0.05) is 40.5 Å². The molecular formula is C14H18BrNO. The third kappa shape index (κ3) is 3.09. The van der Waals surface area contributed by atoms with Crippen LogP contribution < -0.4 is 5.32 Å². The fraction of sp³-hybridized carbons (Fsp3) is 0.500. The molecule has 1 N–H and O–H groups in total. The van der Waals surface area contributed by atoms with E-state index in [9.17, 15) is 4.79 Å². The average molecular weight is 296 g/mol. The molecule has 1 fully saturated rings. The zero-order chi connectivity index (χ0) is 12.3. The van der Waals surface area contributed by atoms with E-state index in [1.807, 2.05) is 31.2 Å². The first-order chi connectivity index (χ1) is 8.18. The minimum absolute atomic E-state index is 0.0506. The van der Waals surface area contributed by atoms with Crippen LogP contribution in [0.25, 0.3) is 0 Å². The average Bonchev–Trinajstić information content (AvgIpc) is 2.72. The van der Waals surface area contributed by atoms with Gasteiger partial charge in [-0.25, -0.2) is 0 Å². The van der Waals surface area contributed by atoms with E-state index in [1.165, 1.54) is 19.3 Å². The van der Waals surface area contributed by atoms with Gasteiger partial charge in [-0.2, -0.15) is 0 Å². The molecule has 1 amide bonds. The number of carbonyl (C=O) groups excluding carboxylic acids is 1. The summed E-state index contributed by atoms with van der Waals surface area (Å²) in [6, 6.07) is 7.71. The number of carbonyl (C=O) groups is 1. The van der Waals surface area contributed by atoms with Gasteiger partial charge in [-0.15, -0.1) is 0 Å². The molecule has 1 saturated carbocycles. The standard InChI is InChI=1S/C14H18BrNO/c1-10-5-2-3-7-12(10)14(17)16-9-11-6-4-8-13(11)15/h2-3,5,7,11,13H,4,6,8-9H2,1H3,(H,16,17). The van der Waals surface area contributed by atoms with Gasteiger partial charge in [0, 0.05) is 16.9 Å². The van der Waals surface area contributed by atoms with E-state index in [0.29, 0.717) is 10.7 Å². The lowest BCUT2D eigenvalue weighted by molar-refractivity contribution is 0.0947. The fourth-order valence-corrected chi connectivity index (χ4v) is 3.14. The number of nitrogens with one attached hydrogen (secondary N) is 1. The molecule has 0 bridgehead atoms. The monoisotopic (exact) mass is 295 g/mol. The van der Waals surface area contributed by atoms with Gasteiger partial charge in [0.05, 0.1) is 0 Å². The molecule has 0 aliphatic heterocycles. The highest BCUT2D eigenvalue weighted by molar-refractivity contribution is 9.09. The first-order valence-corrected chi connectivity index (χ1v) is 7.08. The molecule has 92 valence electrons. The summed E-state index contributed by atoms with van der Waals surface area (Å²) in [4.78, 5) is 12.6. The van der Waals surface area contributed by atoms with Crippen molar-refractivity contribution in [3.63, 3.8) is 0 Å². The molecule has 2 atom stereocenters. The topological polar surface area (TPSA) is 29.1 Å². The van der Waals surface area contributed by atoms with Crippen molar-refractivity contribution >= 4 is 21.8 Å². The van der Waals surface area contributed by atoms with Gasteiger partial charge in [-0.05, 0) is 37.3 Å². The maximum absolute atomic E-state index is 12.0. The van der Waals surface area contributed by atoms with Gasteiger partial charge in [0.15, 0.2) is 0 Å². The Kier molecular flexibility index (Phi) is 4.21. The lowest BCUT2D eigenvalue weighted by Crippen LogP contribution is -2.31. The Balaban J connectivity index is 1.91. The number of hydrogen-bond donors (Lipinski definition) is 1. The highest BCUT2D eigenvalue weighted by Crippen LogP contribution is 2.30. The van der Waals surface area contributed by atoms with Crippen LogP contribution in [-0.4, -0.2) is 17.3 Å². The van der Waals surface area contributed by atoms with Gasteiger partial charge in [-0.3, -0.25) is 4.79 Å². The lowest BCUT2D eigenvalue weighted by atomic mass is 10.1. The second-order valence-corrected chi connectivity index (χ2v) is 5.91. The van der Waals surface area contributed by atoms with E-state index in [-0.39, 0.29) is 5.91 Å². The van der Waals surface area contributed by atoms with E-state index in [0.717, 1.165) is 17.7 Å².